The summed E-state index contributed by atoms with van der Waals surface area (Å²) in [5, 5.41) is 6.00. The van der Waals surface area contributed by atoms with Crippen LogP contribution in [0.1, 0.15) is 50.4 Å². The monoisotopic (exact) mass is 415 g/mol. The number of unbranched alkanes of at least 4 members (excludes halogenated alkanes) is 1. The molecule has 0 fully saturated rings. The van der Waals surface area contributed by atoms with E-state index >= 15 is 0 Å². The van der Waals surface area contributed by atoms with Crippen molar-refractivity contribution in [1.29, 1.82) is 0 Å². The van der Waals surface area contributed by atoms with E-state index < -0.39 is 28.8 Å². The highest BCUT2D eigenvalue weighted by molar-refractivity contribution is 6.38. The number of nitrogens with two attached hydrogens (primary N) is 1. The fourth-order valence-corrected chi connectivity index (χ4v) is 2.57. The number of ketones is 2. The smallest absolute Gasteiger partial charge is 0.407 e. The van der Waals surface area contributed by atoms with E-state index in [-0.39, 0.29) is 24.2 Å². The Morgan fingerprint density at radius 1 is 1.23 bits per heavy atom. The van der Waals surface area contributed by atoms with E-state index in [1.54, 1.807) is 20.8 Å². The van der Waals surface area contributed by atoms with Gasteiger partial charge in [0.1, 0.15) is 5.60 Å². The van der Waals surface area contributed by atoms with Crippen LogP contribution in [0.4, 0.5) is 10.5 Å². The highest BCUT2D eigenvalue weighted by Crippen LogP contribution is 2.22. The SMILES string of the molecule is CC(C)(C)OC(=O)NCCCC[C@@](N)(C(=O)C=[N+]=[N-])C(=O)c1cccc(N=[N+]=[N-])c1. The Morgan fingerprint density at radius 3 is 2.53 bits per heavy atom. The number of rotatable bonds is 10. The number of amides is 1. The second kappa shape index (κ2) is 10.9. The molecule has 0 spiro atoms. The number of benzene rings is 1. The lowest BCUT2D eigenvalue weighted by Gasteiger charge is -2.24. The molecule has 160 valence electrons. The van der Waals surface area contributed by atoms with Crippen LogP contribution in [0.25, 0.3) is 16.0 Å². The van der Waals surface area contributed by atoms with Gasteiger partial charge in [-0.05, 0) is 51.6 Å². The summed E-state index contributed by atoms with van der Waals surface area (Å²) in [6.45, 7) is 5.48. The van der Waals surface area contributed by atoms with Crippen molar-refractivity contribution in [2.75, 3.05) is 6.54 Å². The van der Waals surface area contributed by atoms with Crippen LogP contribution in [0.5, 0.6) is 0 Å². The second-order valence-corrected chi connectivity index (χ2v) is 7.53. The minimum atomic E-state index is -1.98. The maximum atomic E-state index is 13.0. The van der Waals surface area contributed by atoms with E-state index in [4.69, 9.17) is 21.5 Å². The van der Waals surface area contributed by atoms with E-state index in [0.29, 0.717) is 19.1 Å². The summed E-state index contributed by atoms with van der Waals surface area (Å²) < 4.78 is 5.12. The highest BCUT2D eigenvalue weighted by Gasteiger charge is 2.42. The van der Waals surface area contributed by atoms with Gasteiger partial charge < -0.3 is 21.3 Å². The van der Waals surface area contributed by atoms with E-state index in [1.165, 1.54) is 24.3 Å². The normalized spacial score (nSPS) is 12.5. The summed E-state index contributed by atoms with van der Waals surface area (Å²) in [4.78, 5) is 42.3. The van der Waals surface area contributed by atoms with Gasteiger partial charge >= 0.3 is 12.3 Å². The van der Waals surface area contributed by atoms with Gasteiger partial charge in [-0.1, -0.05) is 23.3 Å². The average Bonchev–Trinajstić information content (AvgIpc) is 2.66. The van der Waals surface area contributed by atoms with Crippen molar-refractivity contribution < 1.29 is 23.9 Å². The number of alkyl carbamates (subject to hydrolysis) is 1. The second-order valence-electron chi connectivity index (χ2n) is 7.53. The van der Waals surface area contributed by atoms with E-state index in [2.05, 4.69) is 20.1 Å². The maximum Gasteiger partial charge on any atom is 0.407 e. The lowest BCUT2D eigenvalue weighted by Crippen LogP contribution is -2.55. The number of nitrogens with zero attached hydrogens (tertiary/aromatic N) is 5. The summed E-state index contributed by atoms with van der Waals surface area (Å²) in [7, 11) is 0. The van der Waals surface area contributed by atoms with Gasteiger partial charge in [-0.25, -0.2) is 4.79 Å². The van der Waals surface area contributed by atoms with Crippen molar-refractivity contribution in [3.05, 3.63) is 45.8 Å². The molecule has 0 aliphatic rings. The van der Waals surface area contributed by atoms with E-state index in [9.17, 15) is 14.4 Å². The molecule has 0 saturated carbocycles. The molecule has 0 aliphatic carbocycles. The summed E-state index contributed by atoms with van der Waals surface area (Å²) in [5.41, 5.74) is 21.0. The van der Waals surface area contributed by atoms with Crippen molar-refractivity contribution in [1.82, 2.24) is 5.32 Å². The van der Waals surface area contributed by atoms with Crippen LogP contribution in [-0.4, -0.2) is 46.3 Å². The zero-order valence-corrected chi connectivity index (χ0v) is 17.2. The van der Waals surface area contributed by atoms with Crippen LogP contribution in [0.2, 0.25) is 0 Å². The summed E-state index contributed by atoms with van der Waals surface area (Å²) in [5.74, 6) is -1.58. The van der Waals surface area contributed by atoms with E-state index in [1.807, 2.05) is 0 Å². The Morgan fingerprint density at radius 2 is 1.93 bits per heavy atom. The fraction of sp³-hybridized carbons (Fsp3) is 0.474. The lowest BCUT2D eigenvalue weighted by molar-refractivity contribution is -0.119. The summed E-state index contributed by atoms with van der Waals surface area (Å²) in [6.07, 6.45) is 0.690. The Balaban J connectivity index is 2.86. The number of carbonyl (C=O) groups is 3. The van der Waals surface area contributed by atoms with Crippen molar-refractivity contribution in [2.24, 2.45) is 10.8 Å². The Hall–Kier alpha value is -3.52. The number of hydrogen-bond donors (Lipinski definition) is 2. The van der Waals surface area contributed by atoms with Crippen molar-refractivity contribution in [3.63, 3.8) is 0 Å². The molecule has 1 amide bonds. The molecule has 30 heavy (non-hydrogen) atoms. The first-order valence-electron chi connectivity index (χ1n) is 9.21. The quantitative estimate of drug-likeness (QED) is 0.113. The topological polar surface area (TPSA) is 184 Å². The summed E-state index contributed by atoms with van der Waals surface area (Å²) >= 11 is 0. The third kappa shape index (κ3) is 7.48. The van der Waals surface area contributed by atoms with Gasteiger partial charge in [0.2, 0.25) is 0 Å². The third-order valence-corrected chi connectivity index (χ3v) is 3.95. The van der Waals surface area contributed by atoms with Crippen LogP contribution in [-0.2, 0) is 9.53 Å². The maximum absolute atomic E-state index is 13.0. The molecule has 11 nitrogen and oxygen atoms in total. The molecule has 0 radical (unpaired) electrons. The van der Waals surface area contributed by atoms with Crippen LogP contribution < -0.4 is 11.1 Å². The van der Waals surface area contributed by atoms with Crippen LogP contribution in [0.3, 0.4) is 0 Å². The Bertz CT molecular complexity index is 896. The molecule has 0 unspecified atom stereocenters. The minimum Gasteiger partial charge on any atom is -0.444 e. The van der Waals surface area contributed by atoms with Gasteiger partial charge in [0.05, 0.1) is 0 Å². The largest absolute Gasteiger partial charge is 0.444 e. The number of hydrogen-bond acceptors (Lipinski definition) is 6. The number of azide groups is 1. The predicted octanol–water partition coefficient (Wildman–Crippen LogP) is 3.07. The third-order valence-electron chi connectivity index (χ3n) is 3.95. The molecule has 1 rings (SSSR count). The Kier molecular flexibility index (Phi) is 8.88. The minimum absolute atomic E-state index is 0.0571. The van der Waals surface area contributed by atoms with Crippen LogP contribution >= 0.6 is 0 Å². The molecule has 0 aromatic heterocycles. The first-order chi connectivity index (χ1) is 14.0. The zero-order valence-electron chi connectivity index (χ0n) is 17.2. The zero-order chi connectivity index (χ0) is 22.8. The van der Waals surface area contributed by atoms with Gasteiger partial charge in [-0.15, -0.1) is 0 Å². The van der Waals surface area contributed by atoms with Gasteiger partial charge in [-0.3, -0.25) is 9.59 Å². The molecule has 1 atom stereocenters. The standard InChI is InChI=1S/C19H25N7O4/c1-18(2,3)30-17(29)23-10-5-4-9-19(20,15(27)12-24-21)16(28)13-7-6-8-14(11-13)25-26-22/h6-8,11-12H,4-5,9-10,20H2,1-3H3,(H,23,29)/t19-/m1/s1. The molecular formula is C19H25N7O4. The van der Waals surface area contributed by atoms with Crippen LogP contribution in [0, 0.1) is 0 Å². The molecule has 3 N–H and O–H groups in total. The molecule has 1 aromatic carbocycles. The number of Topliss-reactive ketones (excluding diaryl/α,β-unsaturated/α-hetero) is 2. The molecule has 0 heterocycles. The molecule has 0 saturated heterocycles. The average molecular weight is 415 g/mol. The van der Waals surface area contributed by atoms with Crippen molar-refractivity contribution >= 4 is 29.6 Å². The number of ether oxygens (including phenoxy) is 1. The first-order valence-corrected chi connectivity index (χ1v) is 9.21. The number of carbonyl (C=O) groups excluding carboxylic acids is 3. The van der Waals surface area contributed by atoms with E-state index in [0.717, 1.165) is 0 Å². The van der Waals surface area contributed by atoms with Crippen molar-refractivity contribution in [2.45, 2.75) is 51.2 Å². The highest BCUT2D eigenvalue weighted by atomic mass is 16.6. The molecule has 0 bridgehead atoms. The van der Waals surface area contributed by atoms with Gasteiger partial charge in [0.25, 0.3) is 5.78 Å². The molecule has 1 aromatic rings. The van der Waals surface area contributed by atoms with Crippen molar-refractivity contribution in [3.8, 4) is 0 Å². The number of nitrogens with one attached hydrogen (secondary N) is 1. The molecule has 0 aliphatic heterocycles. The van der Waals surface area contributed by atoms with Gasteiger partial charge in [0.15, 0.2) is 11.3 Å². The molecular weight excluding hydrogens is 390 g/mol. The first kappa shape index (κ1) is 24.5. The Labute approximate surface area is 173 Å². The molecule has 11 heteroatoms. The van der Waals surface area contributed by atoms with Gasteiger partial charge in [0, 0.05) is 22.7 Å². The lowest BCUT2D eigenvalue weighted by atomic mass is 9.82. The summed E-state index contributed by atoms with van der Waals surface area (Å²) in [6, 6.07) is 5.74. The predicted molar refractivity (Wildman–Crippen MR) is 109 cm³/mol. The fourth-order valence-electron chi connectivity index (χ4n) is 2.57. The van der Waals surface area contributed by atoms with Gasteiger partial charge in [-0.2, -0.15) is 4.79 Å². The van der Waals surface area contributed by atoms with Crippen LogP contribution in [0.15, 0.2) is 29.4 Å².